The Morgan fingerprint density at radius 1 is 1.54 bits per heavy atom. The Balaban J connectivity index is 3.39. The maximum absolute atomic E-state index is 10.8. The number of aromatic amines is 1. The second-order valence-electron chi connectivity index (χ2n) is 2.72. The van der Waals surface area contributed by atoms with Crippen LogP contribution in [0.25, 0.3) is 0 Å². The summed E-state index contributed by atoms with van der Waals surface area (Å²) in [5.41, 5.74) is 5.66. The van der Waals surface area contributed by atoms with Gasteiger partial charge in [-0.05, 0) is 13.8 Å². The van der Waals surface area contributed by atoms with Crippen LogP contribution >= 0.6 is 0 Å². The first-order valence-electron chi connectivity index (χ1n) is 3.58. The molecule has 6 nitrogen and oxygen atoms in total. The molecule has 0 unspecified atom stereocenters. The SMILES string of the molecule is Cc1[nH]c(C(N)=O)c(C)c1[N+](=O)[O-]. The molecule has 0 aliphatic heterocycles. The minimum Gasteiger partial charge on any atom is -0.364 e. The predicted molar refractivity (Wildman–Crippen MR) is 45.4 cm³/mol. The molecular formula is C7H9N3O3. The number of aromatic nitrogens is 1. The summed E-state index contributed by atoms with van der Waals surface area (Å²) in [7, 11) is 0. The first-order valence-corrected chi connectivity index (χ1v) is 3.58. The third-order valence-electron chi connectivity index (χ3n) is 1.83. The highest BCUT2D eigenvalue weighted by atomic mass is 16.6. The summed E-state index contributed by atoms with van der Waals surface area (Å²) in [5.74, 6) is -0.686. The summed E-state index contributed by atoms with van der Waals surface area (Å²) < 4.78 is 0. The van der Waals surface area contributed by atoms with Gasteiger partial charge in [-0.25, -0.2) is 0 Å². The van der Waals surface area contributed by atoms with Crippen molar-refractivity contribution in [1.29, 1.82) is 0 Å². The van der Waals surface area contributed by atoms with Crippen LogP contribution in [0.4, 0.5) is 5.69 Å². The molecule has 6 heteroatoms. The maximum Gasteiger partial charge on any atom is 0.293 e. The first kappa shape index (κ1) is 9.24. The van der Waals surface area contributed by atoms with Crippen LogP contribution in [0.3, 0.4) is 0 Å². The van der Waals surface area contributed by atoms with Crippen LogP contribution in [0.15, 0.2) is 0 Å². The third-order valence-corrected chi connectivity index (χ3v) is 1.83. The van der Waals surface area contributed by atoms with Gasteiger partial charge < -0.3 is 10.7 Å². The Morgan fingerprint density at radius 2 is 2.08 bits per heavy atom. The van der Waals surface area contributed by atoms with Gasteiger partial charge >= 0.3 is 0 Å². The van der Waals surface area contributed by atoms with Gasteiger partial charge in [0, 0.05) is 0 Å². The number of primary amides is 1. The number of carbonyl (C=O) groups excluding carboxylic acids is 1. The first-order chi connectivity index (χ1) is 5.95. The molecule has 0 aromatic carbocycles. The highest BCUT2D eigenvalue weighted by Gasteiger charge is 2.23. The Kier molecular flexibility index (Phi) is 2.05. The average molecular weight is 183 g/mol. The smallest absolute Gasteiger partial charge is 0.293 e. The Labute approximate surface area is 73.9 Å². The molecular weight excluding hydrogens is 174 g/mol. The summed E-state index contributed by atoms with van der Waals surface area (Å²) in [4.78, 5) is 23.3. The van der Waals surface area contributed by atoms with Gasteiger partial charge in [0.2, 0.25) is 0 Å². The van der Waals surface area contributed by atoms with Gasteiger partial charge in [-0.2, -0.15) is 0 Å². The zero-order chi connectivity index (χ0) is 10.2. The van der Waals surface area contributed by atoms with Crippen molar-refractivity contribution in [3.63, 3.8) is 0 Å². The van der Waals surface area contributed by atoms with Crippen LogP contribution in [-0.4, -0.2) is 15.8 Å². The number of nitrogens with zero attached hydrogens (tertiary/aromatic N) is 1. The fraction of sp³-hybridized carbons (Fsp3) is 0.286. The van der Waals surface area contributed by atoms with Crippen LogP contribution in [0.1, 0.15) is 21.7 Å². The molecule has 1 aromatic heterocycles. The van der Waals surface area contributed by atoms with Crippen molar-refractivity contribution in [2.24, 2.45) is 5.73 Å². The van der Waals surface area contributed by atoms with Crippen molar-refractivity contribution in [3.05, 3.63) is 27.1 Å². The van der Waals surface area contributed by atoms with Crippen molar-refractivity contribution in [2.45, 2.75) is 13.8 Å². The second kappa shape index (κ2) is 2.89. The molecule has 0 fully saturated rings. The number of nitrogens with one attached hydrogen (secondary N) is 1. The van der Waals surface area contributed by atoms with Gasteiger partial charge in [0.15, 0.2) is 0 Å². The molecule has 3 N–H and O–H groups in total. The summed E-state index contributed by atoms with van der Waals surface area (Å²) in [5, 5.41) is 10.5. The van der Waals surface area contributed by atoms with E-state index in [1.165, 1.54) is 13.8 Å². The molecule has 0 aliphatic carbocycles. The minimum absolute atomic E-state index is 0.0752. The lowest BCUT2D eigenvalue weighted by molar-refractivity contribution is -0.385. The molecule has 1 rings (SSSR count). The van der Waals surface area contributed by atoms with Gasteiger partial charge in [-0.1, -0.05) is 0 Å². The Hall–Kier alpha value is -1.85. The standard InChI is InChI=1S/C7H9N3O3/c1-3-5(7(8)11)9-4(2)6(3)10(12)13/h9H,1-2H3,(H2,8,11). The molecule has 1 aromatic rings. The van der Waals surface area contributed by atoms with Crippen molar-refractivity contribution in [2.75, 3.05) is 0 Å². The molecule has 0 atom stereocenters. The molecule has 70 valence electrons. The quantitative estimate of drug-likeness (QED) is 0.519. The number of aryl methyl sites for hydroxylation is 1. The highest BCUT2D eigenvalue weighted by molar-refractivity contribution is 5.94. The fourth-order valence-corrected chi connectivity index (χ4v) is 1.26. The number of carbonyl (C=O) groups is 1. The van der Waals surface area contributed by atoms with Crippen LogP contribution < -0.4 is 5.73 Å². The van der Waals surface area contributed by atoms with E-state index in [-0.39, 0.29) is 16.9 Å². The number of amides is 1. The summed E-state index contributed by atoms with van der Waals surface area (Å²) in [6.45, 7) is 3.01. The molecule has 13 heavy (non-hydrogen) atoms. The Morgan fingerprint density at radius 3 is 2.31 bits per heavy atom. The zero-order valence-electron chi connectivity index (χ0n) is 7.25. The fourth-order valence-electron chi connectivity index (χ4n) is 1.26. The molecule has 0 saturated carbocycles. The molecule has 0 spiro atoms. The van der Waals surface area contributed by atoms with Crippen LogP contribution in [0.2, 0.25) is 0 Å². The minimum atomic E-state index is -0.686. The Bertz CT molecular complexity index is 381. The van der Waals surface area contributed by atoms with E-state index in [1.807, 2.05) is 0 Å². The highest BCUT2D eigenvalue weighted by Crippen LogP contribution is 2.24. The van der Waals surface area contributed by atoms with Gasteiger partial charge in [0.25, 0.3) is 11.6 Å². The molecule has 1 amide bonds. The van der Waals surface area contributed by atoms with Crippen LogP contribution in [-0.2, 0) is 0 Å². The molecule has 0 bridgehead atoms. The summed E-state index contributed by atoms with van der Waals surface area (Å²) in [6, 6.07) is 0. The van der Waals surface area contributed by atoms with E-state index in [2.05, 4.69) is 4.98 Å². The van der Waals surface area contributed by atoms with Crippen molar-refractivity contribution >= 4 is 11.6 Å². The summed E-state index contributed by atoms with van der Waals surface area (Å²) in [6.07, 6.45) is 0. The number of nitrogens with two attached hydrogens (primary N) is 1. The topological polar surface area (TPSA) is 102 Å². The average Bonchev–Trinajstić information content (AvgIpc) is 2.26. The predicted octanol–water partition coefficient (Wildman–Crippen LogP) is 0.639. The largest absolute Gasteiger partial charge is 0.364 e. The molecule has 1 heterocycles. The van der Waals surface area contributed by atoms with Crippen LogP contribution in [0, 0.1) is 24.0 Å². The van der Waals surface area contributed by atoms with E-state index in [0.717, 1.165) is 0 Å². The normalized spacial score (nSPS) is 10.0. The number of hydrogen-bond acceptors (Lipinski definition) is 3. The van der Waals surface area contributed by atoms with Gasteiger partial charge in [0.1, 0.15) is 5.69 Å². The molecule has 0 radical (unpaired) electrons. The van der Waals surface area contributed by atoms with E-state index in [9.17, 15) is 14.9 Å². The molecule has 0 aliphatic rings. The third kappa shape index (κ3) is 1.37. The number of H-pyrrole nitrogens is 1. The second-order valence-corrected chi connectivity index (χ2v) is 2.72. The van der Waals surface area contributed by atoms with E-state index in [0.29, 0.717) is 5.69 Å². The number of hydrogen-bond donors (Lipinski definition) is 2. The monoisotopic (exact) mass is 183 g/mol. The van der Waals surface area contributed by atoms with E-state index >= 15 is 0 Å². The van der Waals surface area contributed by atoms with E-state index in [4.69, 9.17) is 5.73 Å². The summed E-state index contributed by atoms with van der Waals surface area (Å²) >= 11 is 0. The molecule has 0 saturated heterocycles. The van der Waals surface area contributed by atoms with Gasteiger partial charge in [-0.3, -0.25) is 14.9 Å². The number of rotatable bonds is 2. The van der Waals surface area contributed by atoms with E-state index in [1.54, 1.807) is 0 Å². The zero-order valence-corrected chi connectivity index (χ0v) is 7.25. The van der Waals surface area contributed by atoms with Crippen molar-refractivity contribution in [3.8, 4) is 0 Å². The lowest BCUT2D eigenvalue weighted by Crippen LogP contribution is -2.12. The van der Waals surface area contributed by atoms with Crippen LogP contribution in [0.5, 0.6) is 0 Å². The lowest BCUT2D eigenvalue weighted by Gasteiger charge is -1.90. The lowest BCUT2D eigenvalue weighted by atomic mass is 10.2. The van der Waals surface area contributed by atoms with Gasteiger partial charge in [0.05, 0.1) is 16.2 Å². The van der Waals surface area contributed by atoms with Crippen molar-refractivity contribution < 1.29 is 9.72 Å². The maximum atomic E-state index is 10.8. The van der Waals surface area contributed by atoms with Crippen molar-refractivity contribution in [1.82, 2.24) is 4.98 Å². The number of nitro groups is 1. The van der Waals surface area contributed by atoms with Gasteiger partial charge in [-0.15, -0.1) is 0 Å². The van der Waals surface area contributed by atoms with E-state index < -0.39 is 10.8 Å².